The van der Waals surface area contributed by atoms with Crippen molar-refractivity contribution in [3.05, 3.63) is 41.2 Å². The predicted molar refractivity (Wildman–Crippen MR) is 71.5 cm³/mol. The van der Waals surface area contributed by atoms with E-state index < -0.39 is 12.1 Å². The van der Waals surface area contributed by atoms with Gasteiger partial charge in [-0.1, -0.05) is 12.1 Å². The molecule has 3 rings (SSSR count). The lowest BCUT2D eigenvalue weighted by Gasteiger charge is -2.17. The molecule has 100 valence electrons. The van der Waals surface area contributed by atoms with Gasteiger partial charge in [0.15, 0.2) is 6.10 Å². The number of hydrogen-bond acceptors (Lipinski definition) is 4. The molecule has 0 saturated heterocycles. The number of benzene rings is 1. The smallest absolute Gasteiger partial charge is 0.338 e. The lowest BCUT2D eigenvalue weighted by atomic mass is 9.86. The van der Waals surface area contributed by atoms with Gasteiger partial charge < -0.3 is 15.6 Å². The van der Waals surface area contributed by atoms with Gasteiger partial charge in [0.2, 0.25) is 0 Å². The maximum Gasteiger partial charge on any atom is 0.338 e. The topological polar surface area (TPSA) is 72.5 Å². The molecule has 1 heterocycles. The third-order valence-corrected chi connectivity index (χ3v) is 3.84. The van der Waals surface area contributed by atoms with Crippen LogP contribution in [-0.2, 0) is 9.53 Å². The molecule has 1 saturated carbocycles. The van der Waals surface area contributed by atoms with Crippen molar-refractivity contribution >= 4 is 11.7 Å². The van der Waals surface area contributed by atoms with Gasteiger partial charge in [-0.3, -0.25) is 0 Å². The molecule has 1 unspecified atom stereocenters. The Morgan fingerprint density at radius 1 is 1.42 bits per heavy atom. The van der Waals surface area contributed by atoms with Crippen LogP contribution in [0.1, 0.15) is 31.2 Å². The number of rotatable bonds is 3. The molecule has 4 heteroatoms. The highest BCUT2D eigenvalue weighted by Gasteiger charge is 2.43. The highest BCUT2D eigenvalue weighted by Crippen LogP contribution is 2.49. The minimum atomic E-state index is -0.537. The van der Waals surface area contributed by atoms with E-state index in [-0.39, 0.29) is 11.7 Å². The monoisotopic (exact) mass is 259 g/mol. The fourth-order valence-corrected chi connectivity index (χ4v) is 2.75. The summed E-state index contributed by atoms with van der Waals surface area (Å²) in [5, 5.41) is 10.1. The molecule has 2 atom stereocenters. The summed E-state index contributed by atoms with van der Waals surface area (Å²) in [4.78, 5) is 12.0. The van der Waals surface area contributed by atoms with Gasteiger partial charge >= 0.3 is 5.97 Å². The number of ether oxygens (including phenoxy) is 1. The predicted octanol–water partition coefficient (Wildman–Crippen LogP) is 2.52. The van der Waals surface area contributed by atoms with Crippen molar-refractivity contribution < 1.29 is 14.6 Å². The zero-order valence-corrected chi connectivity index (χ0v) is 10.8. The highest BCUT2D eigenvalue weighted by atomic mass is 16.6. The second-order valence-electron chi connectivity index (χ2n) is 5.33. The lowest BCUT2D eigenvalue weighted by molar-refractivity contribution is -0.139. The van der Waals surface area contributed by atoms with E-state index in [1.807, 2.05) is 24.3 Å². The molecule has 0 bridgehead atoms. The molecule has 1 aliphatic heterocycles. The molecule has 1 aliphatic carbocycles. The van der Waals surface area contributed by atoms with Crippen LogP contribution in [0.4, 0.5) is 5.69 Å². The van der Waals surface area contributed by atoms with Gasteiger partial charge in [0.1, 0.15) is 5.76 Å². The van der Waals surface area contributed by atoms with E-state index in [9.17, 15) is 9.90 Å². The van der Waals surface area contributed by atoms with Crippen molar-refractivity contribution in [2.45, 2.75) is 31.8 Å². The van der Waals surface area contributed by atoms with Gasteiger partial charge in [-0.05, 0) is 43.4 Å². The van der Waals surface area contributed by atoms with Gasteiger partial charge in [0, 0.05) is 11.6 Å². The van der Waals surface area contributed by atoms with Crippen LogP contribution in [-0.4, -0.2) is 17.2 Å². The van der Waals surface area contributed by atoms with Crippen molar-refractivity contribution in [3.63, 3.8) is 0 Å². The Morgan fingerprint density at radius 2 is 2.16 bits per heavy atom. The summed E-state index contributed by atoms with van der Waals surface area (Å²) in [6, 6.07) is 7.52. The minimum Gasteiger partial charge on any atom is -0.508 e. The maximum atomic E-state index is 12.0. The quantitative estimate of drug-likeness (QED) is 0.646. The number of carbonyl (C=O) groups is 1. The first-order valence-electron chi connectivity index (χ1n) is 6.57. The average molecular weight is 259 g/mol. The molecule has 0 radical (unpaired) electrons. The molecule has 0 amide bonds. The number of aliphatic hydroxyl groups is 1. The Hall–Kier alpha value is -1.97. The number of nitrogen functional groups attached to an aromatic ring is 1. The van der Waals surface area contributed by atoms with Crippen molar-refractivity contribution in [1.29, 1.82) is 0 Å². The molecule has 1 aromatic carbocycles. The number of aliphatic hydroxyl groups excluding tert-OH is 1. The van der Waals surface area contributed by atoms with Crippen molar-refractivity contribution in [2.24, 2.45) is 5.92 Å². The Labute approximate surface area is 111 Å². The van der Waals surface area contributed by atoms with Crippen LogP contribution in [0.25, 0.3) is 0 Å². The van der Waals surface area contributed by atoms with Gasteiger partial charge in [0.05, 0.1) is 5.57 Å². The number of cyclic esters (lactones) is 1. The number of anilines is 1. The molecule has 0 spiro atoms. The third-order valence-electron chi connectivity index (χ3n) is 3.84. The van der Waals surface area contributed by atoms with Gasteiger partial charge in [-0.15, -0.1) is 0 Å². The summed E-state index contributed by atoms with van der Waals surface area (Å²) in [6.45, 7) is 1.68. The van der Waals surface area contributed by atoms with E-state index in [1.165, 1.54) is 0 Å². The first-order valence-corrected chi connectivity index (χ1v) is 6.57. The largest absolute Gasteiger partial charge is 0.508 e. The zero-order chi connectivity index (χ0) is 13.6. The lowest BCUT2D eigenvalue weighted by Crippen LogP contribution is -2.12. The normalized spacial score (nSPS) is 24.5. The van der Waals surface area contributed by atoms with Gasteiger partial charge in [0.25, 0.3) is 0 Å². The fourth-order valence-electron chi connectivity index (χ4n) is 2.75. The summed E-state index contributed by atoms with van der Waals surface area (Å²) in [5.74, 6) is -0.0219. The van der Waals surface area contributed by atoms with Crippen LogP contribution in [0.5, 0.6) is 0 Å². The Bertz CT molecular complexity index is 560. The molecule has 19 heavy (non-hydrogen) atoms. The van der Waals surface area contributed by atoms with Crippen LogP contribution < -0.4 is 5.73 Å². The zero-order valence-electron chi connectivity index (χ0n) is 10.8. The second-order valence-corrected chi connectivity index (χ2v) is 5.33. The van der Waals surface area contributed by atoms with Gasteiger partial charge in [-0.2, -0.15) is 0 Å². The minimum absolute atomic E-state index is 0.0734. The average Bonchev–Trinajstić information content (AvgIpc) is 3.14. The molecule has 4 nitrogen and oxygen atoms in total. The number of nitrogens with two attached hydrogens (primary N) is 1. The van der Waals surface area contributed by atoms with Crippen molar-refractivity contribution in [1.82, 2.24) is 0 Å². The summed E-state index contributed by atoms with van der Waals surface area (Å²) >= 11 is 0. The molecular formula is C15H17NO3. The van der Waals surface area contributed by atoms with Crippen LogP contribution in [0.15, 0.2) is 35.6 Å². The summed E-state index contributed by atoms with van der Waals surface area (Å²) in [6.07, 6.45) is 1.60. The number of hydrogen-bond donors (Lipinski definition) is 2. The summed E-state index contributed by atoms with van der Waals surface area (Å²) in [7, 11) is 0. The highest BCUT2D eigenvalue weighted by molar-refractivity contribution is 5.93. The molecule has 3 N–H and O–H groups in total. The molecule has 1 aromatic rings. The van der Waals surface area contributed by atoms with E-state index in [0.29, 0.717) is 17.2 Å². The first kappa shape index (κ1) is 12.1. The fraction of sp³-hybridized carbons (Fsp3) is 0.400. The SMILES string of the molecule is C[C@@H]1OC(=O)C(C(c2cccc(N)c2)C2CC2)=C1O. The molecule has 1 fully saturated rings. The Morgan fingerprint density at radius 3 is 2.68 bits per heavy atom. The summed E-state index contributed by atoms with van der Waals surface area (Å²) in [5.41, 5.74) is 7.89. The van der Waals surface area contributed by atoms with Crippen molar-refractivity contribution in [3.8, 4) is 0 Å². The van der Waals surface area contributed by atoms with Crippen LogP contribution in [0, 0.1) is 5.92 Å². The third kappa shape index (κ3) is 2.07. The van der Waals surface area contributed by atoms with Crippen LogP contribution >= 0.6 is 0 Å². The molecule has 0 aromatic heterocycles. The second kappa shape index (κ2) is 4.30. The Balaban J connectivity index is 2.05. The molecule has 2 aliphatic rings. The van der Waals surface area contributed by atoms with E-state index in [0.717, 1.165) is 18.4 Å². The number of esters is 1. The van der Waals surface area contributed by atoms with E-state index >= 15 is 0 Å². The van der Waals surface area contributed by atoms with Gasteiger partial charge in [-0.25, -0.2) is 4.79 Å². The molecular weight excluding hydrogens is 242 g/mol. The summed E-state index contributed by atoms with van der Waals surface area (Å²) < 4.78 is 5.10. The standard InChI is InChI=1S/C15H17NO3/c1-8-14(17)13(15(18)19-8)12(9-5-6-9)10-3-2-4-11(16)7-10/h2-4,7-9,12,17H,5-6,16H2,1H3/t8-,12?/m0/s1. The van der Waals surface area contributed by atoms with E-state index in [2.05, 4.69) is 0 Å². The van der Waals surface area contributed by atoms with Crippen molar-refractivity contribution in [2.75, 3.05) is 5.73 Å². The first-order chi connectivity index (χ1) is 9.08. The van der Waals surface area contributed by atoms with Crippen LogP contribution in [0.3, 0.4) is 0 Å². The van der Waals surface area contributed by atoms with E-state index in [1.54, 1.807) is 6.92 Å². The Kier molecular flexibility index (Phi) is 2.73. The van der Waals surface area contributed by atoms with Crippen LogP contribution in [0.2, 0.25) is 0 Å². The number of carbonyl (C=O) groups excluding carboxylic acids is 1. The maximum absolute atomic E-state index is 12.0. The van der Waals surface area contributed by atoms with E-state index in [4.69, 9.17) is 10.5 Å².